The van der Waals surface area contributed by atoms with E-state index < -0.39 is 8.22 Å². The molecule has 2 aliphatic rings. The third-order valence-electron chi connectivity index (χ3n) is 13.6. The minimum atomic E-state index is -1.17. The minimum absolute atomic E-state index is 0.123. The molecule has 0 saturated heterocycles. The van der Waals surface area contributed by atoms with Gasteiger partial charge in [-0.05, 0) is 87.1 Å². The Labute approximate surface area is 368 Å². The van der Waals surface area contributed by atoms with Crippen molar-refractivity contribution in [2.75, 3.05) is 9.34 Å². The van der Waals surface area contributed by atoms with Crippen molar-refractivity contribution in [1.29, 1.82) is 0 Å². The number of aromatic nitrogens is 1. The summed E-state index contributed by atoms with van der Waals surface area (Å²) in [5.41, 5.74) is 16.2. The summed E-state index contributed by atoms with van der Waals surface area (Å²) in [6, 6.07) is 81.3. The molecule has 1 atom stereocenters. The number of hydrogen-bond donors (Lipinski definition) is 0. The molecule has 10 aromatic carbocycles. The molecule has 13 rings (SSSR count). The smallest absolute Gasteiger partial charge is 0.138 e. The molecule has 1 aliphatic carbocycles. The molecular weight excluding hydrogens is 782 g/mol. The average molecular weight is 824 g/mol. The lowest BCUT2D eigenvalue weighted by Gasteiger charge is -2.34. The highest BCUT2D eigenvalue weighted by molar-refractivity contribution is 7.70. The van der Waals surface area contributed by atoms with Crippen LogP contribution >= 0.6 is 8.22 Å². The summed E-state index contributed by atoms with van der Waals surface area (Å²) in [7, 11) is -1.17. The van der Waals surface area contributed by atoms with E-state index in [0.717, 1.165) is 5.69 Å². The van der Waals surface area contributed by atoms with E-state index in [1.54, 1.807) is 0 Å². The lowest BCUT2D eigenvalue weighted by molar-refractivity contribution is 0.660. The van der Waals surface area contributed by atoms with Crippen molar-refractivity contribution in [1.82, 2.24) is 4.57 Å². The Morgan fingerprint density at radius 1 is 0.397 bits per heavy atom. The van der Waals surface area contributed by atoms with Gasteiger partial charge in [-0.25, -0.2) is 0 Å². The Hall–Kier alpha value is -7.45. The number of benzene rings is 10. The fourth-order valence-electron chi connectivity index (χ4n) is 10.8. The van der Waals surface area contributed by atoms with Crippen LogP contribution < -0.4 is 14.6 Å². The van der Waals surface area contributed by atoms with E-state index in [0.29, 0.717) is 0 Å². The number of rotatable bonds is 5. The van der Waals surface area contributed by atoms with Gasteiger partial charge in [0, 0.05) is 43.5 Å². The van der Waals surface area contributed by atoms with Gasteiger partial charge in [-0.2, -0.15) is 0 Å². The van der Waals surface area contributed by atoms with Crippen LogP contribution in [-0.2, 0) is 5.41 Å². The molecule has 0 amide bonds. The number of nitrogens with zero attached hydrogens (tertiary/aromatic N) is 3. The van der Waals surface area contributed by atoms with Crippen molar-refractivity contribution in [3.8, 4) is 27.9 Å². The standard InChI is InChI=1S/C59H42N3P/c1-59(2)50-30-15-13-29-47(50)57-51(59)31-18-34-55(57)62-54-36-35-40(37-56(54)61(63(62)42-23-7-4-8-24-42)53-33-17-20-39-19-9-10-25-43(39)53)48-38-49-45-27-14-16-32-52(45)60(41-21-5-3-6-22-41)58(49)46-28-12-11-26-44(46)48/h3-38H,1-2H3. The zero-order chi connectivity index (χ0) is 41.8. The Kier molecular flexibility index (Phi) is 7.92. The zero-order valence-corrected chi connectivity index (χ0v) is 36.0. The molecule has 63 heavy (non-hydrogen) atoms. The SMILES string of the molecule is CC1(C)c2ccccc2-c2c(N3c4ccc(-c5cc6c7ccccc7n(-c7ccccc7)c6c6ccccc56)cc4N(c4cccc5ccccc45)P3c3ccccc3)cccc21. The molecule has 298 valence electrons. The molecule has 11 aromatic rings. The van der Waals surface area contributed by atoms with E-state index in [-0.39, 0.29) is 5.41 Å². The van der Waals surface area contributed by atoms with Crippen LogP contribution in [0.5, 0.6) is 0 Å². The van der Waals surface area contributed by atoms with Crippen LogP contribution in [0.4, 0.5) is 22.7 Å². The Morgan fingerprint density at radius 3 is 1.86 bits per heavy atom. The quantitative estimate of drug-likeness (QED) is 0.160. The molecule has 1 aliphatic heterocycles. The molecule has 0 N–H and O–H groups in total. The Bertz CT molecular complexity index is 3620. The van der Waals surface area contributed by atoms with Crippen molar-refractivity contribution in [3.63, 3.8) is 0 Å². The van der Waals surface area contributed by atoms with E-state index in [9.17, 15) is 0 Å². The maximum atomic E-state index is 2.69. The lowest BCUT2D eigenvalue weighted by atomic mass is 9.82. The van der Waals surface area contributed by atoms with Crippen molar-refractivity contribution in [2.45, 2.75) is 19.3 Å². The van der Waals surface area contributed by atoms with Crippen molar-refractivity contribution >= 4 is 79.6 Å². The van der Waals surface area contributed by atoms with Crippen molar-refractivity contribution in [2.24, 2.45) is 0 Å². The van der Waals surface area contributed by atoms with Gasteiger partial charge in [0.05, 0.1) is 33.8 Å². The number of fused-ring (bicyclic) bond motifs is 10. The number of hydrogen-bond acceptors (Lipinski definition) is 2. The topological polar surface area (TPSA) is 11.4 Å². The summed E-state index contributed by atoms with van der Waals surface area (Å²) in [5, 5.41) is 8.75. The van der Waals surface area contributed by atoms with E-state index >= 15 is 0 Å². The second-order valence-corrected chi connectivity index (χ2v) is 19.3. The summed E-state index contributed by atoms with van der Waals surface area (Å²) < 4.78 is 7.82. The molecule has 4 heteroatoms. The number of anilines is 4. The molecule has 0 bridgehead atoms. The summed E-state index contributed by atoms with van der Waals surface area (Å²) in [6.45, 7) is 4.76. The van der Waals surface area contributed by atoms with Gasteiger partial charge in [-0.15, -0.1) is 0 Å². The molecule has 1 aromatic heterocycles. The summed E-state index contributed by atoms with van der Waals surface area (Å²) in [6.07, 6.45) is 0. The maximum absolute atomic E-state index is 2.69. The average Bonchev–Trinajstić information content (AvgIpc) is 3.95. The summed E-state index contributed by atoms with van der Waals surface area (Å²) in [5.74, 6) is 0. The van der Waals surface area contributed by atoms with Gasteiger partial charge in [-0.3, -0.25) is 9.34 Å². The van der Waals surface area contributed by atoms with E-state index in [1.165, 1.54) is 105 Å². The molecule has 0 radical (unpaired) electrons. The largest absolute Gasteiger partial charge is 0.309 e. The molecule has 0 spiro atoms. The molecule has 1 unspecified atom stereocenters. The van der Waals surface area contributed by atoms with Crippen molar-refractivity contribution < 1.29 is 0 Å². The second kappa shape index (κ2) is 13.8. The van der Waals surface area contributed by atoms with Gasteiger partial charge in [0.15, 0.2) is 0 Å². The van der Waals surface area contributed by atoms with E-state index in [1.807, 2.05) is 0 Å². The third-order valence-corrected chi connectivity index (χ3v) is 16.0. The minimum Gasteiger partial charge on any atom is -0.309 e. The second-order valence-electron chi connectivity index (χ2n) is 17.4. The molecule has 3 nitrogen and oxygen atoms in total. The van der Waals surface area contributed by atoms with Gasteiger partial charge in [0.1, 0.15) is 8.22 Å². The third kappa shape index (κ3) is 5.24. The zero-order valence-electron chi connectivity index (χ0n) is 35.1. The van der Waals surface area contributed by atoms with E-state index in [4.69, 9.17) is 0 Å². The molecule has 0 saturated carbocycles. The highest BCUT2D eigenvalue weighted by Crippen LogP contribution is 2.68. The first-order chi connectivity index (χ1) is 31.1. The monoisotopic (exact) mass is 823 g/mol. The van der Waals surface area contributed by atoms with Gasteiger partial charge >= 0.3 is 0 Å². The van der Waals surface area contributed by atoms with Crippen molar-refractivity contribution in [3.05, 3.63) is 230 Å². The predicted molar refractivity (Wildman–Crippen MR) is 269 cm³/mol. The van der Waals surface area contributed by atoms with Gasteiger partial charge < -0.3 is 4.57 Å². The Balaban J connectivity index is 1.12. The first-order valence-corrected chi connectivity index (χ1v) is 23.1. The van der Waals surface area contributed by atoms with Crippen LogP contribution in [0.2, 0.25) is 0 Å². The molecule has 2 heterocycles. The van der Waals surface area contributed by atoms with E-state index in [2.05, 4.69) is 246 Å². The maximum Gasteiger partial charge on any atom is 0.138 e. The first-order valence-electron chi connectivity index (χ1n) is 21.9. The van der Waals surface area contributed by atoms with Crippen LogP contribution in [0.25, 0.3) is 71.3 Å². The van der Waals surface area contributed by atoms with Crippen LogP contribution in [0.3, 0.4) is 0 Å². The van der Waals surface area contributed by atoms with Crippen LogP contribution in [-0.4, -0.2) is 4.57 Å². The van der Waals surface area contributed by atoms with Gasteiger partial charge in [0.25, 0.3) is 0 Å². The Morgan fingerprint density at radius 2 is 1.02 bits per heavy atom. The van der Waals surface area contributed by atoms with Crippen LogP contribution in [0.15, 0.2) is 218 Å². The molecule has 0 fully saturated rings. The normalized spacial score (nSPS) is 15.0. The summed E-state index contributed by atoms with van der Waals surface area (Å²) in [4.78, 5) is 0. The molecular formula is C59H42N3P. The lowest BCUT2D eigenvalue weighted by Crippen LogP contribution is -2.23. The number of para-hydroxylation sites is 2. The van der Waals surface area contributed by atoms with Crippen LogP contribution in [0, 0.1) is 0 Å². The fraction of sp³-hybridized carbons (Fsp3) is 0.0508. The highest BCUT2D eigenvalue weighted by atomic mass is 31.1. The van der Waals surface area contributed by atoms with Gasteiger partial charge in [-0.1, -0.05) is 184 Å². The first kappa shape index (κ1) is 36.2. The van der Waals surface area contributed by atoms with Gasteiger partial charge in [0.2, 0.25) is 0 Å². The predicted octanol–water partition coefficient (Wildman–Crippen LogP) is 16.0. The highest BCUT2D eigenvalue weighted by Gasteiger charge is 2.44. The van der Waals surface area contributed by atoms with Crippen LogP contribution in [0.1, 0.15) is 25.0 Å². The summed E-state index contributed by atoms with van der Waals surface area (Å²) >= 11 is 0. The fourth-order valence-corrected chi connectivity index (χ4v) is 13.4.